The molecule has 0 aliphatic carbocycles. The molecule has 0 unspecified atom stereocenters. The van der Waals surface area contributed by atoms with Crippen molar-refractivity contribution in [3.8, 4) is 17.2 Å². The molecule has 1 aliphatic rings. The number of fused-ring (bicyclic) bond motifs is 1. The number of Topliss-reactive ketones (excluding diaryl/α,β-unsaturated/α-hetero) is 1. The average molecular weight is 398 g/mol. The zero-order valence-electron chi connectivity index (χ0n) is 16.0. The van der Waals surface area contributed by atoms with Crippen molar-refractivity contribution in [2.24, 2.45) is 0 Å². The SMILES string of the molecule is COc1ccc(C(=O)CCC(=O)NCC(=O)Nc2ccc3c(c2)OCCO3)cc1. The van der Waals surface area contributed by atoms with Crippen LogP contribution in [0.25, 0.3) is 0 Å². The Morgan fingerprint density at radius 2 is 1.66 bits per heavy atom. The Bertz CT molecular complexity index is 895. The second-order valence-electron chi connectivity index (χ2n) is 6.34. The first-order valence-corrected chi connectivity index (χ1v) is 9.18. The summed E-state index contributed by atoms with van der Waals surface area (Å²) in [6, 6.07) is 11.8. The van der Waals surface area contributed by atoms with Gasteiger partial charge in [-0.05, 0) is 36.4 Å². The number of anilines is 1. The Labute approximate surface area is 168 Å². The highest BCUT2D eigenvalue weighted by atomic mass is 16.6. The minimum Gasteiger partial charge on any atom is -0.497 e. The van der Waals surface area contributed by atoms with Crippen LogP contribution in [0.4, 0.5) is 5.69 Å². The van der Waals surface area contributed by atoms with E-state index < -0.39 is 0 Å². The van der Waals surface area contributed by atoms with Gasteiger partial charge in [0, 0.05) is 30.2 Å². The summed E-state index contributed by atoms with van der Waals surface area (Å²) in [5.41, 5.74) is 1.05. The van der Waals surface area contributed by atoms with E-state index in [2.05, 4.69) is 10.6 Å². The average Bonchev–Trinajstić information content (AvgIpc) is 2.76. The van der Waals surface area contributed by atoms with Gasteiger partial charge in [-0.2, -0.15) is 0 Å². The summed E-state index contributed by atoms with van der Waals surface area (Å²) in [7, 11) is 1.55. The van der Waals surface area contributed by atoms with Gasteiger partial charge < -0.3 is 24.8 Å². The van der Waals surface area contributed by atoms with Crippen LogP contribution in [-0.2, 0) is 9.59 Å². The summed E-state index contributed by atoms with van der Waals surface area (Å²) in [6.07, 6.45) is 0.0596. The van der Waals surface area contributed by atoms with Gasteiger partial charge in [-0.15, -0.1) is 0 Å². The Hall–Kier alpha value is -3.55. The van der Waals surface area contributed by atoms with E-state index in [9.17, 15) is 14.4 Å². The molecule has 2 N–H and O–H groups in total. The summed E-state index contributed by atoms with van der Waals surface area (Å²) in [5, 5.41) is 5.19. The molecule has 1 aliphatic heterocycles. The zero-order valence-corrected chi connectivity index (χ0v) is 16.0. The summed E-state index contributed by atoms with van der Waals surface area (Å²) < 4.78 is 15.9. The van der Waals surface area contributed by atoms with Gasteiger partial charge in [0.1, 0.15) is 19.0 Å². The third-order valence-electron chi connectivity index (χ3n) is 4.26. The van der Waals surface area contributed by atoms with Crippen molar-refractivity contribution >= 4 is 23.3 Å². The summed E-state index contributed by atoms with van der Waals surface area (Å²) in [5.74, 6) is 0.951. The molecule has 1 heterocycles. The number of hydrogen-bond acceptors (Lipinski definition) is 6. The molecular weight excluding hydrogens is 376 g/mol. The van der Waals surface area contributed by atoms with Crippen molar-refractivity contribution in [2.75, 3.05) is 32.2 Å². The second-order valence-corrected chi connectivity index (χ2v) is 6.34. The maximum Gasteiger partial charge on any atom is 0.243 e. The van der Waals surface area contributed by atoms with Crippen LogP contribution < -0.4 is 24.8 Å². The van der Waals surface area contributed by atoms with Gasteiger partial charge in [-0.1, -0.05) is 0 Å². The Balaban J connectivity index is 1.40. The maximum atomic E-state index is 12.1. The number of ether oxygens (including phenoxy) is 3. The van der Waals surface area contributed by atoms with E-state index in [1.165, 1.54) is 0 Å². The lowest BCUT2D eigenvalue weighted by Crippen LogP contribution is -2.33. The van der Waals surface area contributed by atoms with Crippen LogP contribution in [-0.4, -0.2) is 44.5 Å². The fraction of sp³-hybridized carbons (Fsp3) is 0.286. The fourth-order valence-corrected chi connectivity index (χ4v) is 2.74. The van der Waals surface area contributed by atoms with E-state index in [0.29, 0.717) is 41.7 Å². The van der Waals surface area contributed by atoms with Gasteiger partial charge in [-0.3, -0.25) is 14.4 Å². The largest absolute Gasteiger partial charge is 0.497 e. The zero-order chi connectivity index (χ0) is 20.6. The molecule has 0 saturated carbocycles. The van der Waals surface area contributed by atoms with Crippen LogP contribution in [0.3, 0.4) is 0 Å². The molecule has 2 aromatic rings. The number of nitrogens with one attached hydrogen (secondary N) is 2. The summed E-state index contributed by atoms with van der Waals surface area (Å²) in [4.78, 5) is 36.1. The second kappa shape index (κ2) is 9.59. The number of carbonyl (C=O) groups excluding carboxylic acids is 3. The van der Waals surface area contributed by atoms with Crippen LogP contribution >= 0.6 is 0 Å². The van der Waals surface area contributed by atoms with E-state index in [0.717, 1.165) is 0 Å². The molecule has 0 spiro atoms. The number of rotatable bonds is 8. The van der Waals surface area contributed by atoms with Crippen molar-refractivity contribution in [3.05, 3.63) is 48.0 Å². The van der Waals surface area contributed by atoms with Crippen molar-refractivity contribution in [3.63, 3.8) is 0 Å². The quantitative estimate of drug-likeness (QED) is 0.661. The topological polar surface area (TPSA) is 103 Å². The lowest BCUT2D eigenvalue weighted by Gasteiger charge is -2.19. The number of methoxy groups -OCH3 is 1. The molecule has 0 atom stereocenters. The predicted molar refractivity (Wildman–Crippen MR) is 106 cm³/mol. The number of amides is 2. The van der Waals surface area contributed by atoms with Crippen molar-refractivity contribution in [1.82, 2.24) is 5.32 Å². The van der Waals surface area contributed by atoms with Gasteiger partial charge >= 0.3 is 0 Å². The normalized spacial score (nSPS) is 12.0. The lowest BCUT2D eigenvalue weighted by molar-refractivity contribution is -0.124. The lowest BCUT2D eigenvalue weighted by atomic mass is 10.1. The van der Waals surface area contributed by atoms with Crippen LogP contribution in [0.1, 0.15) is 23.2 Å². The first-order chi connectivity index (χ1) is 14.0. The molecule has 29 heavy (non-hydrogen) atoms. The van der Waals surface area contributed by atoms with Crippen LogP contribution in [0, 0.1) is 0 Å². The molecule has 0 fully saturated rings. The molecule has 8 heteroatoms. The van der Waals surface area contributed by atoms with Crippen molar-refractivity contribution < 1.29 is 28.6 Å². The highest BCUT2D eigenvalue weighted by Gasteiger charge is 2.14. The number of benzene rings is 2. The molecule has 0 bridgehead atoms. The highest BCUT2D eigenvalue weighted by molar-refractivity contribution is 5.99. The third-order valence-corrected chi connectivity index (χ3v) is 4.26. The standard InChI is InChI=1S/C21H22N2O6/c1-27-16-5-2-14(3-6-16)17(24)7-9-20(25)22-13-21(26)23-15-4-8-18-19(12-15)29-11-10-28-18/h2-6,8,12H,7,9-11,13H2,1H3,(H,22,25)(H,23,26). The monoisotopic (exact) mass is 398 g/mol. The molecule has 8 nitrogen and oxygen atoms in total. The first kappa shape index (κ1) is 20.2. The van der Waals surface area contributed by atoms with Gasteiger partial charge in [0.05, 0.1) is 13.7 Å². The van der Waals surface area contributed by atoms with Crippen LogP contribution in [0.5, 0.6) is 17.2 Å². The fourth-order valence-electron chi connectivity index (χ4n) is 2.74. The van der Waals surface area contributed by atoms with E-state index in [1.54, 1.807) is 49.6 Å². The number of hydrogen-bond donors (Lipinski definition) is 2. The Morgan fingerprint density at radius 3 is 2.38 bits per heavy atom. The number of ketones is 1. The molecule has 2 amide bonds. The van der Waals surface area contributed by atoms with E-state index in [-0.39, 0.29) is 37.0 Å². The van der Waals surface area contributed by atoms with Gasteiger partial charge in [0.15, 0.2) is 17.3 Å². The third kappa shape index (κ3) is 5.71. The van der Waals surface area contributed by atoms with Crippen molar-refractivity contribution in [2.45, 2.75) is 12.8 Å². The van der Waals surface area contributed by atoms with E-state index >= 15 is 0 Å². The maximum absolute atomic E-state index is 12.1. The van der Waals surface area contributed by atoms with Crippen molar-refractivity contribution in [1.29, 1.82) is 0 Å². The minimum atomic E-state index is -0.378. The predicted octanol–water partition coefficient (Wildman–Crippen LogP) is 2.18. The van der Waals surface area contributed by atoms with Gasteiger partial charge in [0.2, 0.25) is 11.8 Å². The van der Waals surface area contributed by atoms with Crippen LogP contribution in [0.2, 0.25) is 0 Å². The Kier molecular flexibility index (Phi) is 6.67. The number of carbonyl (C=O) groups is 3. The van der Waals surface area contributed by atoms with E-state index in [4.69, 9.17) is 14.2 Å². The molecule has 2 aromatic carbocycles. The molecule has 0 aromatic heterocycles. The molecule has 0 radical (unpaired) electrons. The molecular formula is C21H22N2O6. The highest BCUT2D eigenvalue weighted by Crippen LogP contribution is 2.32. The smallest absolute Gasteiger partial charge is 0.243 e. The van der Waals surface area contributed by atoms with Gasteiger partial charge in [0.25, 0.3) is 0 Å². The van der Waals surface area contributed by atoms with Crippen LogP contribution in [0.15, 0.2) is 42.5 Å². The molecule has 3 rings (SSSR count). The van der Waals surface area contributed by atoms with Gasteiger partial charge in [-0.25, -0.2) is 0 Å². The first-order valence-electron chi connectivity index (χ1n) is 9.18. The summed E-state index contributed by atoms with van der Waals surface area (Å²) >= 11 is 0. The van der Waals surface area contributed by atoms with E-state index in [1.807, 2.05) is 0 Å². The Morgan fingerprint density at radius 1 is 0.931 bits per heavy atom. The molecule has 0 saturated heterocycles. The molecule has 152 valence electrons. The minimum absolute atomic E-state index is 0.00215. The summed E-state index contributed by atoms with van der Waals surface area (Å²) in [6.45, 7) is 0.755.